The Hall–Kier alpha value is -3.57. The van der Waals surface area contributed by atoms with Crippen molar-refractivity contribution in [1.82, 2.24) is 4.72 Å². The monoisotopic (exact) mass is 549 g/mol. The number of morpholine rings is 1. The van der Waals surface area contributed by atoms with Crippen molar-refractivity contribution in [3.05, 3.63) is 89.5 Å². The number of benzene rings is 3. The van der Waals surface area contributed by atoms with E-state index in [4.69, 9.17) is 4.74 Å². The molecule has 3 aromatic rings. The first-order valence-corrected chi connectivity index (χ1v) is 14.2. The number of imide groups is 1. The first kappa shape index (κ1) is 27.0. The van der Waals surface area contributed by atoms with Gasteiger partial charge in [0, 0.05) is 35.4 Å². The Labute approximate surface area is 228 Å². The Morgan fingerprint density at radius 3 is 2.18 bits per heavy atom. The van der Waals surface area contributed by atoms with Gasteiger partial charge in [-0.3, -0.25) is 9.59 Å². The number of fused-ring (bicyclic) bond motifs is 1. The topological polar surface area (TPSA) is 116 Å². The largest absolute Gasteiger partial charge is 0.378 e. The third kappa shape index (κ3) is 4.96. The minimum Gasteiger partial charge on any atom is -0.378 e. The van der Waals surface area contributed by atoms with Gasteiger partial charge in [-0.2, -0.15) is 0 Å². The molecule has 1 atom stereocenters. The molecule has 0 saturated carbocycles. The maximum Gasteiger partial charge on any atom is 0.275 e. The highest BCUT2D eigenvalue weighted by atomic mass is 32.2. The van der Waals surface area contributed by atoms with Crippen LogP contribution in [0.3, 0.4) is 0 Å². The van der Waals surface area contributed by atoms with Crippen LogP contribution in [0.1, 0.15) is 42.3 Å². The first-order valence-electron chi connectivity index (χ1n) is 12.7. The molecule has 9 nitrogen and oxygen atoms in total. The molecule has 5 rings (SSSR count). The molecule has 204 valence electrons. The Bertz CT molecular complexity index is 1510. The fraction of sp³-hybridized carbons (Fsp3) is 0.310. The SMILES string of the molecule is CC(C)(C)NS(=O)(=O)c1ccc(C2(O)C(=O)N(C(=O)c3ccc(N4CCOCC4)cc3)c3ccccc32)cc1. The molecule has 2 aliphatic rings. The second kappa shape index (κ2) is 9.87. The zero-order valence-corrected chi connectivity index (χ0v) is 22.9. The molecule has 1 fully saturated rings. The van der Waals surface area contributed by atoms with E-state index in [0.717, 1.165) is 23.7 Å². The molecule has 3 aromatic carbocycles. The Kier molecular flexibility index (Phi) is 6.84. The molecule has 0 aromatic heterocycles. The van der Waals surface area contributed by atoms with Crippen LogP contribution in [0.15, 0.2) is 77.7 Å². The van der Waals surface area contributed by atoms with E-state index in [1.54, 1.807) is 57.2 Å². The van der Waals surface area contributed by atoms with Crippen LogP contribution in [0, 0.1) is 0 Å². The molecule has 0 radical (unpaired) electrons. The number of para-hydroxylation sites is 1. The van der Waals surface area contributed by atoms with E-state index in [9.17, 15) is 23.1 Å². The molecular weight excluding hydrogens is 518 g/mol. The number of hydrogen-bond donors (Lipinski definition) is 2. The maximum absolute atomic E-state index is 13.8. The van der Waals surface area contributed by atoms with Crippen LogP contribution in [0.25, 0.3) is 0 Å². The summed E-state index contributed by atoms with van der Waals surface area (Å²) in [6.45, 7) is 7.98. The van der Waals surface area contributed by atoms with Gasteiger partial charge < -0.3 is 14.7 Å². The molecule has 2 aliphatic heterocycles. The third-order valence-corrected chi connectivity index (χ3v) is 8.54. The predicted octanol–water partition coefficient (Wildman–Crippen LogP) is 3.02. The van der Waals surface area contributed by atoms with Crippen LogP contribution in [0.5, 0.6) is 0 Å². The maximum atomic E-state index is 13.8. The van der Waals surface area contributed by atoms with Crippen LogP contribution >= 0.6 is 0 Å². The fourth-order valence-electron chi connectivity index (χ4n) is 4.94. The molecule has 1 unspecified atom stereocenters. The van der Waals surface area contributed by atoms with E-state index >= 15 is 0 Å². The van der Waals surface area contributed by atoms with E-state index in [2.05, 4.69) is 9.62 Å². The molecule has 10 heteroatoms. The van der Waals surface area contributed by atoms with Crippen LogP contribution in [-0.2, 0) is 25.2 Å². The lowest BCUT2D eigenvalue weighted by Crippen LogP contribution is -2.44. The van der Waals surface area contributed by atoms with Crippen molar-refractivity contribution in [3.63, 3.8) is 0 Å². The lowest BCUT2D eigenvalue weighted by atomic mass is 9.87. The van der Waals surface area contributed by atoms with Gasteiger partial charge in [0.2, 0.25) is 10.0 Å². The molecule has 2 N–H and O–H groups in total. The molecule has 39 heavy (non-hydrogen) atoms. The number of rotatable bonds is 5. The Morgan fingerprint density at radius 2 is 1.56 bits per heavy atom. The lowest BCUT2D eigenvalue weighted by Gasteiger charge is -2.29. The van der Waals surface area contributed by atoms with Gasteiger partial charge in [0.25, 0.3) is 11.8 Å². The molecule has 2 amide bonds. The van der Waals surface area contributed by atoms with Gasteiger partial charge in [-0.25, -0.2) is 18.0 Å². The summed E-state index contributed by atoms with van der Waals surface area (Å²) in [5.41, 5.74) is -0.913. The Balaban J connectivity index is 1.46. The van der Waals surface area contributed by atoms with E-state index in [0.29, 0.717) is 18.8 Å². The summed E-state index contributed by atoms with van der Waals surface area (Å²) in [6.07, 6.45) is 0. The van der Waals surface area contributed by atoms with Gasteiger partial charge in [0.15, 0.2) is 5.60 Å². The number of sulfonamides is 1. The standard InChI is InChI=1S/C29H31N3O6S/c1-28(2,3)30-39(36,37)23-14-10-21(11-15-23)29(35)24-6-4-5-7-25(24)32(27(29)34)26(33)20-8-12-22(13-9-20)31-16-18-38-19-17-31/h4-15,30,35H,16-19H2,1-3H3. The van der Waals surface area contributed by atoms with Crippen LogP contribution in [0.4, 0.5) is 11.4 Å². The summed E-state index contributed by atoms with van der Waals surface area (Å²) in [4.78, 5) is 30.6. The molecule has 0 spiro atoms. The van der Waals surface area contributed by atoms with Gasteiger partial charge in [-0.15, -0.1) is 0 Å². The second-order valence-electron chi connectivity index (χ2n) is 10.7. The summed E-state index contributed by atoms with van der Waals surface area (Å²) < 4.78 is 33.5. The molecule has 0 aliphatic carbocycles. The van der Waals surface area contributed by atoms with Crippen molar-refractivity contribution < 1.29 is 27.9 Å². The number of anilines is 2. The van der Waals surface area contributed by atoms with E-state index < -0.39 is 33.0 Å². The summed E-state index contributed by atoms with van der Waals surface area (Å²) >= 11 is 0. The number of ether oxygens (including phenoxy) is 1. The molecule has 2 heterocycles. The molecular formula is C29H31N3O6S. The van der Waals surface area contributed by atoms with E-state index in [1.807, 2.05) is 12.1 Å². The predicted molar refractivity (Wildman–Crippen MR) is 147 cm³/mol. The molecule has 0 bridgehead atoms. The van der Waals surface area contributed by atoms with Crippen LogP contribution in [0.2, 0.25) is 0 Å². The number of nitrogens with one attached hydrogen (secondary N) is 1. The van der Waals surface area contributed by atoms with Crippen molar-refractivity contribution in [2.24, 2.45) is 0 Å². The average molecular weight is 550 g/mol. The van der Waals surface area contributed by atoms with Crippen molar-refractivity contribution in [2.75, 3.05) is 36.1 Å². The van der Waals surface area contributed by atoms with E-state index in [1.165, 1.54) is 24.3 Å². The second-order valence-corrected chi connectivity index (χ2v) is 12.4. The summed E-state index contributed by atoms with van der Waals surface area (Å²) in [5, 5.41) is 11.8. The average Bonchev–Trinajstić information content (AvgIpc) is 3.15. The summed E-state index contributed by atoms with van der Waals surface area (Å²) in [5.74, 6) is -1.39. The quantitative estimate of drug-likeness (QED) is 0.470. The van der Waals surface area contributed by atoms with Crippen LogP contribution in [-0.4, -0.2) is 57.2 Å². The fourth-order valence-corrected chi connectivity index (χ4v) is 6.36. The van der Waals surface area contributed by atoms with Gasteiger partial charge in [-0.1, -0.05) is 30.3 Å². The van der Waals surface area contributed by atoms with Crippen LogP contribution < -0.4 is 14.5 Å². The van der Waals surface area contributed by atoms with E-state index in [-0.39, 0.29) is 21.7 Å². The zero-order valence-electron chi connectivity index (χ0n) is 22.0. The lowest BCUT2D eigenvalue weighted by molar-refractivity contribution is -0.131. The van der Waals surface area contributed by atoms with Crippen molar-refractivity contribution >= 4 is 33.2 Å². The highest BCUT2D eigenvalue weighted by Gasteiger charge is 2.53. The highest BCUT2D eigenvalue weighted by molar-refractivity contribution is 7.89. The number of carbonyl (C=O) groups excluding carboxylic acids is 2. The third-order valence-electron chi connectivity index (χ3n) is 6.76. The Morgan fingerprint density at radius 1 is 0.949 bits per heavy atom. The normalized spacial score (nSPS) is 19.7. The minimum absolute atomic E-state index is 0.00297. The summed E-state index contributed by atoms with van der Waals surface area (Å²) in [6, 6.07) is 19.0. The number of nitrogens with zero attached hydrogens (tertiary/aromatic N) is 2. The number of hydrogen-bond acceptors (Lipinski definition) is 7. The van der Waals surface area contributed by atoms with Gasteiger partial charge in [-0.05, 0) is 68.8 Å². The number of aliphatic hydroxyl groups is 1. The van der Waals surface area contributed by atoms with Gasteiger partial charge >= 0.3 is 0 Å². The summed E-state index contributed by atoms with van der Waals surface area (Å²) in [7, 11) is -3.82. The minimum atomic E-state index is -3.82. The van der Waals surface area contributed by atoms with Crippen molar-refractivity contribution in [1.29, 1.82) is 0 Å². The number of carbonyl (C=O) groups is 2. The highest BCUT2D eigenvalue weighted by Crippen LogP contribution is 2.45. The van der Waals surface area contributed by atoms with Crippen molar-refractivity contribution in [2.45, 2.75) is 36.8 Å². The molecule has 1 saturated heterocycles. The number of amides is 2. The first-order chi connectivity index (χ1) is 18.4. The van der Waals surface area contributed by atoms with Gasteiger partial charge in [0.05, 0.1) is 23.8 Å². The smallest absolute Gasteiger partial charge is 0.275 e. The van der Waals surface area contributed by atoms with Gasteiger partial charge in [0.1, 0.15) is 0 Å². The van der Waals surface area contributed by atoms with Crippen molar-refractivity contribution in [3.8, 4) is 0 Å². The zero-order chi connectivity index (χ0) is 28.0.